The summed E-state index contributed by atoms with van der Waals surface area (Å²) in [5.41, 5.74) is -0.482. The molecular weight excluding hydrogens is 248 g/mol. The van der Waals surface area contributed by atoms with Crippen LogP contribution in [0.3, 0.4) is 0 Å². The maximum atomic E-state index is 13.4. The number of carbonyl (C=O) groups is 1. The molecular formula is C12H6ClF2NO. The number of hydrogen-bond donors (Lipinski definition) is 0. The van der Waals surface area contributed by atoms with Gasteiger partial charge in [-0.1, -0.05) is 17.7 Å². The third-order valence-corrected chi connectivity index (χ3v) is 2.47. The van der Waals surface area contributed by atoms with Crippen molar-refractivity contribution in [2.24, 2.45) is 0 Å². The van der Waals surface area contributed by atoms with E-state index in [0.29, 0.717) is 0 Å². The average molecular weight is 254 g/mol. The minimum atomic E-state index is -1.20. The van der Waals surface area contributed by atoms with Crippen LogP contribution in [0.4, 0.5) is 8.78 Å². The van der Waals surface area contributed by atoms with Gasteiger partial charge in [0.25, 0.3) is 0 Å². The van der Waals surface area contributed by atoms with Gasteiger partial charge in [-0.25, -0.2) is 8.78 Å². The van der Waals surface area contributed by atoms with E-state index in [1.165, 1.54) is 24.4 Å². The molecule has 0 N–H and O–H groups in total. The number of pyridine rings is 1. The Morgan fingerprint density at radius 3 is 2.65 bits per heavy atom. The summed E-state index contributed by atoms with van der Waals surface area (Å²) in [6, 6.07) is 6.38. The summed E-state index contributed by atoms with van der Waals surface area (Å²) >= 11 is 5.76. The van der Waals surface area contributed by atoms with Crippen molar-refractivity contribution in [3.8, 4) is 0 Å². The summed E-state index contributed by atoms with van der Waals surface area (Å²) in [5.74, 6) is -3.02. The smallest absolute Gasteiger partial charge is 0.215 e. The minimum Gasteiger partial charge on any atom is -0.287 e. The second kappa shape index (κ2) is 4.59. The Morgan fingerprint density at radius 1 is 1.18 bits per heavy atom. The average Bonchev–Trinajstić information content (AvgIpc) is 2.32. The van der Waals surface area contributed by atoms with Crippen LogP contribution in [0, 0.1) is 11.6 Å². The van der Waals surface area contributed by atoms with Gasteiger partial charge >= 0.3 is 0 Å². The molecule has 1 heterocycles. The predicted molar refractivity (Wildman–Crippen MR) is 59.0 cm³/mol. The fraction of sp³-hybridized carbons (Fsp3) is 0. The van der Waals surface area contributed by atoms with Crippen molar-refractivity contribution < 1.29 is 13.6 Å². The minimum absolute atomic E-state index is 0.0983. The van der Waals surface area contributed by atoms with E-state index >= 15 is 0 Å². The molecule has 0 fully saturated rings. The van der Waals surface area contributed by atoms with Crippen LogP contribution >= 0.6 is 11.6 Å². The zero-order valence-electron chi connectivity index (χ0n) is 8.45. The Hall–Kier alpha value is -1.81. The lowest BCUT2D eigenvalue weighted by Gasteiger charge is -2.03. The van der Waals surface area contributed by atoms with E-state index < -0.39 is 17.4 Å². The largest absolute Gasteiger partial charge is 0.287 e. The van der Waals surface area contributed by atoms with Gasteiger partial charge in [0, 0.05) is 6.20 Å². The van der Waals surface area contributed by atoms with E-state index in [-0.39, 0.29) is 16.3 Å². The number of rotatable bonds is 2. The van der Waals surface area contributed by atoms with Gasteiger partial charge < -0.3 is 0 Å². The summed E-state index contributed by atoms with van der Waals surface area (Å²) < 4.78 is 26.4. The van der Waals surface area contributed by atoms with Crippen molar-refractivity contribution in [3.05, 3.63) is 64.4 Å². The lowest BCUT2D eigenvalue weighted by atomic mass is 10.1. The van der Waals surface area contributed by atoms with Crippen LogP contribution in [-0.4, -0.2) is 10.8 Å². The molecule has 0 radical (unpaired) electrons. The summed E-state index contributed by atoms with van der Waals surface area (Å²) in [5, 5.41) is 0.0983. The summed E-state index contributed by atoms with van der Waals surface area (Å²) in [6.07, 6.45) is 1.36. The molecule has 2 rings (SSSR count). The Bertz CT molecular complexity index is 586. The van der Waals surface area contributed by atoms with E-state index in [1.54, 1.807) is 6.07 Å². The van der Waals surface area contributed by atoms with Gasteiger partial charge in [0.1, 0.15) is 5.69 Å². The molecule has 17 heavy (non-hydrogen) atoms. The van der Waals surface area contributed by atoms with Crippen LogP contribution in [-0.2, 0) is 0 Å². The molecule has 0 saturated carbocycles. The fourth-order valence-corrected chi connectivity index (χ4v) is 1.57. The number of halogens is 3. The van der Waals surface area contributed by atoms with Crippen molar-refractivity contribution >= 4 is 17.4 Å². The normalized spacial score (nSPS) is 10.3. The number of hydrogen-bond acceptors (Lipinski definition) is 2. The van der Waals surface area contributed by atoms with E-state index in [4.69, 9.17) is 11.6 Å². The first-order chi connectivity index (χ1) is 8.11. The first-order valence-electron chi connectivity index (χ1n) is 4.70. The van der Waals surface area contributed by atoms with Gasteiger partial charge in [0.2, 0.25) is 5.78 Å². The van der Waals surface area contributed by atoms with Gasteiger partial charge in [-0.2, -0.15) is 0 Å². The molecule has 0 bridgehead atoms. The van der Waals surface area contributed by atoms with Crippen molar-refractivity contribution in [1.29, 1.82) is 0 Å². The van der Waals surface area contributed by atoms with Crippen molar-refractivity contribution in [2.45, 2.75) is 0 Å². The highest BCUT2D eigenvalue weighted by molar-refractivity contribution is 6.34. The maximum absolute atomic E-state index is 13.4. The van der Waals surface area contributed by atoms with E-state index in [1.807, 2.05) is 0 Å². The number of nitrogens with zero attached hydrogens (tertiary/aromatic N) is 1. The van der Waals surface area contributed by atoms with Gasteiger partial charge in [0.15, 0.2) is 11.6 Å². The van der Waals surface area contributed by atoms with E-state index in [2.05, 4.69) is 4.98 Å². The number of benzene rings is 1. The molecule has 0 atom stereocenters. The molecule has 0 unspecified atom stereocenters. The third-order valence-electron chi connectivity index (χ3n) is 2.17. The molecule has 0 spiro atoms. The standard InChI is InChI=1S/C12H6ClF2NO/c13-8-4-2-6-16-11(8)12(17)7-3-1-5-9(14)10(7)15/h1-6H. The second-order valence-corrected chi connectivity index (χ2v) is 3.67. The topological polar surface area (TPSA) is 30.0 Å². The lowest BCUT2D eigenvalue weighted by Crippen LogP contribution is -2.08. The van der Waals surface area contributed by atoms with Gasteiger partial charge in [-0.15, -0.1) is 0 Å². The molecule has 0 saturated heterocycles. The molecule has 1 aromatic carbocycles. The van der Waals surface area contributed by atoms with E-state index in [9.17, 15) is 13.6 Å². The predicted octanol–water partition coefficient (Wildman–Crippen LogP) is 3.24. The Balaban J connectivity index is 2.52. The van der Waals surface area contributed by atoms with Crippen LogP contribution in [0.1, 0.15) is 16.1 Å². The third kappa shape index (κ3) is 2.17. The van der Waals surface area contributed by atoms with Crippen LogP contribution in [0.5, 0.6) is 0 Å². The zero-order chi connectivity index (χ0) is 12.4. The highest BCUT2D eigenvalue weighted by Gasteiger charge is 2.19. The molecule has 2 nitrogen and oxygen atoms in total. The number of aromatic nitrogens is 1. The Kier molecular flexibility index (Phi) is 3.15. The molecule has 5 heteroatoms. The number of carbonyl (C=O) groups excluding carboxylic acids is 1. The van der Waals surface area contributed by atoms with Crippen LogP contribution in [0.25, 0.3) is 0 Å². The van der Waals surface area contributed by atoms with Gasteiger partial charge in [-0.3, -0.25) is 9.78 Å². The fourth-order valence-electron chi connectivity index (χ4n) is 1.36. The van der Waals surface area contributed by atoms with Crippen LogP contribution < -0.4 is 0 Å². The van der Waals surface area contributed by atoms with Crippen LogP contribution in [0.2, 0.25) is 5.02 Å². The highest BCUT2D eigenvalue weighted by Crippen LogP contribution is 2.19. The van der Waals surface area contributed by atoms with Crippen molar-refractivity contribution in [3.63, 3.8) is 0 Å². The Morgan fingerprint density at radius 2 is 1.94 bits per heavy atom. The summed E-state index contributed by atoms with van der Waals surface area (Å²) in [4.78, 5) is 15.6. The molecule has 86 valence electrons. The first kappa shape index (κ1) is 11.7. The number of ketones is 1. The molecule has 0 aliphatic heterocycles. The summed E-state index contributed by atoms with van der Waals surface area (Å²) in [7, 11) is 0. The molecule has 1 aromatic heterocycles. The SMILES string of the molecule is O=C(c1cccc(F)c1F)c1ncccc1Cl. The molecule has 2 aromatic rings. The monoisotopic (exact) mass is 253 g/mol. The first-order valence-corrected chi connectivity index (χ1v) is 5.08. The van der Waals surface area contributed by atoms with Gasteiger partial charge in [0.05, 0.1) is 10.6 Å². The zero-order valence-corrected chi connectivity index (χ0v) is 9.21. The van der Waals surface area contributed by atoms with E-state index in [0.717, 1.165) is 6.07 Å². The van der Waals surface area contributed by atoms with Gasteiger partial charge in [-0.05, 0) is 24.3 Å². The van der Waals surface area contributed by atoms with Crippen molar-refractivity contribution in [2.75, 3.05) is 0 Å². The Labute approximate surface area is 101 Å². The van der Waals surface area contributed by atoms with Crippen molar-refractivity contribution in [1.82, 2.24) is 4.98 Å². The quantitative estimate of drug-likeness (QED) is 0.769. The molecule has 0 amide bonds. The highest BCUT2D eigenvalue weighted by atomic mass is 35.5. The second-order valence-electron chi connectivity index (χ2n) is 3.26. The molecule has 0 aliphatic rings. The van der Waals surface area contributed by atoms with Crippen LogP contribution in [0.15, 0.2) is 36.5 Å². The lowest BCUT2D eigenvalue weighted by molar-refractivity contribution is 0.103. The molecule has 0 aliphatic carbocycles. The maximum Gasteiger partial charge on any atom is 0.215 e. The summed E-state index contributed by atoms with van der Waals surface area (Å²) in [6.45, 7) is 0.